The number of benzene rings is 2. The number of carbonyl (C=O) groups excluding carboxylic acids is 1. The minimum atomic E-state index is -3.80. The van der Waals surface area contributed by atoms with E-state index in [4.69, 9.17) is 14.6 Å². The summed E-state index contributed by atoms with van der Waals surface area (Å²) in [6.45, 7) is 0.478. The van der Waals surface area contributed by atoms with Gasteiger partial charge < -0.3 is 14.8 Å². The Hall–Kier alpha value is -3.44. The minimum absolute atomic E-state index is 0.0123. The highest BCUT2D eigenvalue weighted by molar-refractivity contribution is 7.89. The summed E-state index contributed by atoms with van der Waals surface area (Å²) in [5.41, 5.74) is 0.865. The second kappa shape index (κ2) is 9.79. The molecule has 0 bridgehead atoms. The van der Waals surface area contributed by atoms with E-state index < -0.39 is 10.0 Å². The lowest BCUT2D eigenvalue weighted by Gasteiger charge is -2.11. The summed E-state index contributed by atoms with van der Waals surface area (Å²) in [6.07, 6.45) is 2.04. The molecule has 0 aliphatic rings. The fraction of sp³-hybridized carbons (Fsp3) is 0.286. The number of carbonyl (C=O) groups is 1. The topological polar surface area (TPSA) is 143 Å². The number of aryl methyl sites for hydroxylation is 1. The third-order valence-corrected chi connectivity index (χ3v) is 5.76. The molecule has 10 nitrogen and oxygen atoms in total. The Balaban J connectivity index is 1.60. The zero-order valence-corrected chi connectivity index (χ0v) is 18.5. The summed E-state index contributed by atoms with van der Waals surface area (Å²) in [5, 5.41) is 8.24. The number of rotatable bonds is 9. The maximum Gasteiger partial charge on any atom is 0.261 e. The molecule has 0 aliphatic heterocycles. The van der Waals surface area contributed by atoms with Gasteiger partial charge in [0.2, 0.25) is 15.9 Å². The van der Waals surface area contributed by atoms with E-state index in [0.29, 0.717) is 40.9 Å². The average molecular weight is 461 g/mol. The third kappa shape index (κ3) is 5.42. The fourth-order valence-corrected chi connectivity index (χ4v) is 3.76. The maximum absolute atomic E-state index is 12.8. The van der Waals surface area contributed by atoms with Crippen LogP contribution < -0.4 is 25.5 Å². The van der Waals surface area contributed by atoms with Gasteiger partial charge in [-0.2, -0.15) is 0 Å². The van der Waals surface area contributed by atoms with Gasteiger partial charge in [-0.1, -0.05) is 12.1 Å². The molecule has 0 aliphatic carbocycles. The molecule has 170 valence electrons. The lowest BCUT2D eigenvalue weighted by molar-refractivity contribution is -0.121. The van der Waals surface area contributed by atoms with Crippen LogP contribution in [0.25, 0.3) is 10.9 Å². The molecular weight excluding hydrogens is 436 g/mol. The molecule has 2 aromatic carbocycles. The Morgan fingerprint density at radius 1 is 1.16 bits per heavy atom. The Labute approximate surface area is 185 Å². The SMILES string of the molecule is COc1cc2ncn(CCCC(=O)NCc3cccc(S(N)(=O)=O)c3)c(=O)c2cc1OC. The molecular formula is C21H24N4O6S. The van der Waals surface area contributed by atoms with Crippen LogP contribution >= 0.6 is 0 Å². The Kier molecular flexibility index (Phi) is 7.11. The summed E-state index contributed by atoms with van der Waals surface area (Å²) in [7, 11) is -0.808. The Morgan fingerprint density at radius 2 is 1.88 bits per heavy atom. The summed E-state index contributed by atoms with van der Waals surface area (Å²) in [5.74, 6) is 0.692. The number of fused-ring (bicyclic) bond motifs is 1. The molecule has 0 atom stereocenters. The fourth-order valence-electron chi connectivity index (χ4n) is 3.18. The summed E-state index contributed by atoms with van der Waals surface area (Å²) in [6, 6.07) is 9.28. The van der Waals surface area contributed by atoms with Crippen LogP contribution in [0.2, 0.25) is 0 Å². The maximum atomic E-state index is 12.8. The van der Waals surface area contributed by atoms with Crippen LogP contribution in [0.3, 0.4) is 0 Å². The second-order valence-electron chi connectivity index (χ2n) is 7.04. The van der Waals surface area contributed by atoms with Gasteiger partial charge in [0.25, 0.3) is 5.56 Å². The first-order chi connectivity index (χ1) is 15.2. The molecule has 1 aromatic heterocycles. The number of nitrogens with two attached hydrogens (primary N) is 1. The van der Waals surface area contributed by atoms with Crippen molar-refractivity contribution in [3.63, 3.8) is 0 Å². The lowest BCUT2D eigenvalue weighted by Crippen LogP contribution is -2.25. The number of nitrogens with zero attached hydrogens (tertiary/aromatic N) is 2. The van der Waals surface area contributed by atoms with Gasteiger partial charge in [-0.05, 0) is 30.2 Å². The number of amides is 1. The van der Waals surface area contributed by atoms with Crippen molar-refractivity contribution < 1.29 is 22.7 Å². The van der Waals surface area contributed by atoms with E-state index in [0.717, 1.165) is 0 Å². The van der Waals surface area contributed by atoms with Crippen LogP contribution in [0.4, 0.5) is 0 Å². The number of aromatic nitrogens is 2. The summed E-state index contributed by atoms with van der Waals surface area (Å²) in [4.78, 5) is 29.2. The van der Waals surface area contributed by atoms with Gasteiger partial charge in [0.1, 0.15) is 0 Å². The van der Waals surface area contributed by atoms with Crippen molar-refractivity contribution in [1.29, 1.82) is 0 Å². The van der Waals surface area contributed by atoms with Gasteiger partial charge in [-0.3, -0.25) is 14.2 Å². The highest BCUT2D eigenvalue weighted by Crippen LogP contribution is 2.29. The zero-order chi connectivity index (χ0) is 23.3. The Bertz CT molecular complexity index is 1300. The average Bonchev–Trinajstić information content (AvgIpc) is 2.78. The molecule has 0 saturated carbocycles. The minimum Gasteiger partial charge on any atom is -0.493 e. The highest BCUT2D eigenvalue weighted by atomic mass is 32.2. The van der Waals surface area contributed by atoms with Gasteiger partial charge in [0.05, 0.1) is 36.3 Å². The first-order valence-corrected chi connectivity index (χ1v) is 11.3. The predicted molar refractivity (Wildman–Crippen MR) is 118 cm³/mol. The number of nitrogens with one attached hydrogen (secondary N) is 1. The molecule has 0 unspecified atom stereocenters. The number of hydrogen-bond donors (Lipinski definition) is 2. The number of ether oxygens (including phenoxy) is 2. The number of methoxy groups -OCH3 is 2. The van der Waals surface area contributed by atoms with E-state index in [9.17, 15) is 18.0 Å². The van der Waals surface area contributed by atoms with Crippen LogP contribution in [-0.4, -0.2) is 38.1 Å². The molecule has 32 heavy (non-hydrogen) atoms. The third-order valence-electron chi connectivity index (χ3n) is 4.85. The zero-order valence-electron chi connectivity index (χ0n) is 17.7. The van der Waals surface area contributed by atoms with Crippen molar-refractivity contribution in [3.05, 3.63) is 58.6 Å². The van der Waals surface area contributed by atoms with Crippen molar-refractivity contribution in [2.45, 2.75) is 30.8 Å². The molecule has 1 heterocycles. The number of sulfonamides is 1. The van der Waals surface area contributed by atoms with E-state index in [1.165, 1.54) is 37.2 Å². The lowest BCUT2D eigenvalue weighted by atomic mass is 10.2. The molecule has 3 aromatic rings. The standard InChI is InChI=1S/C21H24N4O6S/c1-30-18-10-16-17(11-19(18)31-2)24-13-25(21(16)27)8-4-7-20(26)23-12-14-5-3-6-15(9-14)32(22,28)29/h3,5-6,9-11,13H,4,7-8,12H2,1-2H3,(H,23,26)(H2,22,28,29). The van der Waals surface area contributed by atoms with Crippen molar-refractivity contribution in [2.24, 2.45) is 5.14 Å². The molecule has 3 N–H and O–H groups in total. The van der Waals surface area contributed by atoms with Gasteiger partial charge in [-0.25, -0.2) is 18.5 Å². The van der Waals surface area contributed by atoms with Gasteiger partial charge in [-0.15, -0.1) is 0 Å². The predicted octanol–water partition coefficient (Wildman–Crippen LogP) is 1.16. The highest BCUT2D eigenvalue weighted by Gasteiger charge is 2.12. The van der Waals surface area contributed by atoms with Gasteiger partial charge in [0.15, 0.2) is 11.5 Å². The quantitative estimate of drug-likeness (QED) is 0.488. The number of primary sulfonamides is 1. The molecule has 0 radical (unpaired) electrons. The molecule has 0 spiro atoms. The normalized spacial score (nSPS) is 11.3. The van der Waals surface area contributed by atoms with Crippen LogP contribution in [-0.2, 0) is 27.9 Å². The monoisotopic (exact) mass is 460 g/mol. The molecule has 11 heteroatoms. The summed E-state index contributed by atoms with van der Waals surface area (Å²) < 4.78 is 34.8. The smallest absolute Gasteiger partial charge is 0.261 e. The molecule has 1 amide bonds. The van der Waals surface area contributed by atoms with Crippen molar-refractivity contribution in [1.82, 2.24) is 14.9 Å². The first-order valence-electron chi connectivity index (χ1n) is 9.72. The van der Waals surface area contributed by atoms with Crippen LogP contribution in [0, 0.1) is 0 Å². The summed E-state index contributed by atoms with van der Waals surface area (Å²) >= 11 is 0. The van der Waals surface area contributed by atoms with Crippen molar-refractivity contribution in [3.8, 4) is 11.5 Å². The molecule has 0 fully saturated rings. The van der Waals surface area contributed by atoms with Crippen molar-refractivity contribution in [2.75, 3.05) is 14.2 Å². The van der Waals surface area contributed by atoms with E-state index in [1.54, 1.807) is 24.3 Å². The van der Waals surface area contributed by atoms with E-state index in [1.807, 2.05) is 0 Å². The number of hydrogen-bond acceptors (Lipinski definition) is 7. The van der Waals surface area contributed by atoms with E-state index in [2.05, 4.69) is 10.3 Å². The van der Waals surface area contributed by atoms with Crippen LogP contribution in [0.1, 0.15) is 18.4 Å². The second-order valence-corrected chi connectivity index (χ2v) is 8.60. The van der Waals surface area contributed by atoms with Crippen molar-refractivity contribution >= 4 is 26.8 Å². The Morgan fingerprint density at radius 3 is 2.56 bits per heavy atom. The molecule has 3 rings (SSSR count). The van der Waals surface area contributed by atoms with Crippen LogP contribution in [0.15, 0.2) is 52.4 Å². The van der Waals surface area contributed by atoms with Gasteiger partial charge in [0, 0.05) is 25.6 Å². The molecule has 0 saturated heterocycles. The van der Waals surface area contributed by atoms with Crippen LogP contribution in [0.5, 0.6) is 11.5 Å². The van der Waals surface area contributed by atoms with E-state index >= 15 is 0 Å². The van der Waals surface area contributed by atoms with E-state index in [-0.39, 0.29) is 29.3 Å². The van der Waals surface area contributed by atoms with Gasteiger partial charge >= 0.3 is 0 Å². The first kappa shape index (κ1) is 23.2. The largest absolute Gasteiger partial charge is 0.493 e.